The number of halogens is 1. The molecule has 6 nitrogen and oxygen atoms in total. The Morgan fingerprint density at radius 2 is 1.90 bits per heavy atom. The second kappa shape index (κ2) is 5.90. The van der Waals surface area contributed by atoms with E-state index >= 15 is 0 Å². The van der Waals surface area contributed by atoms with Gasteiger partial charge in [-0.2, -0.15) is 0 Å². The van der Waals surface area contributed by atoms with E-state index in [1.807, 2.05) is 6.92 Å². The average Bonchev–Trinajstić information content (AvgIpc) is 2.38. The number of rotatable bonds is 4. The second-order valence-corrected chi connectivity index (χ2v) is 7.66. The molecule has 0 bridgehead atoms. The highest BCUT2D eigenvalue weighted by Gasteiger charge is 2.33. The van der Waals surface area contributed by atoms with Crippen molar-refractivity contribution in [3.05, 3.63) is 33.3 Å². The van der Waals surface area contributed by atoms with Crippen LogP contribution < -0.4 is 4.72 Å². The molecule has 0 atom stereocenters. The minimum absolute atomic E-state index is 0.0208. The molecule has 0 unspecified atom stereocenters. The zero-order chi connectivity index (χ0) is 15.7. The van der Waals surface area contributed by atoms with Gasteiger partial charge in [0.2, 0.25) is 10.0 Å². The maximum absolute atomic E-state index is 12.5. The zero-order valence-corrected chi connectivity index (χ0v) is 13.2. The molecule has 21 heavy (non-hydrogen) atoms. The molecule has 1 N–H and O–H groups in total. The van der Waals surface area contributed by atoms with Crippen molar-refractivity contribution in [1.82, 2.24) is 4.72 Å². The maximum atomic E-state index is 12.5. The fraction of sp³-hybridized carbons (Fsp3) is 0.538. The fourth-order valence-electron chi connectivity index (χ4n) is 2.63. The smallest absolute Gasteiger partial charge is 0.258 e. The minimum Gasteiger partial charge on any atom is -0.258 e. The summed E-state index contributed by atoms with van der Waals surface area (Å²) in [6.45, 7) is 1.86. The summed E-state index contributed by atoms with van der Waals surface area (Å²) in [5.74, 6) is 0. The van der Waals surface area contributed by atoms with Crippen LogP contribution in [0.25, 0.3) is 0 Å². The number of sulfonamides is 1. The molecule has 1 aliphatic carbocycles. The third kappa shape index (κ3) is 3.72. The minimum atomic E-state index is -3.89. The van der Waals surface area contributed by atoms with Gasteiger partial charge in [0.15, 0.2) is 0 Å². The quantitative estimate of drug-likeness (QED) is 0.677. The number of hydrogen-bond acceptors (Lipinski definition) is 4. The lowest BCUT2D eigenvalue weighted by Gasteiger charge is -2.34. The number of hydrogen-bond donors (Lipinski definition) is 1. The number of nitrogens with zero attached hydrogens (tertiary/aromatic N) is 1. The van der Waals surface area contributed by atoms with E-state index in [0.717, 1.165) is 38.2 Å². The summed E-state index contributed by atoms with van der Waals surface area (Å²) in [5, 5.41) is 10.8. The van der Waals surface area contributed by atoms with Gasteiger partial charge in [-0.3, -0.25) is 10.1 Å². The van der Waals surface area contributed by atoms with Gasteiger partial charge in [0, 0.05) is 17.7 Å². The zero-order valence-electron chi connectivity index (χ0n) is 11.6. The van der Waals surface area contributed by atoms with Gasteiger partial charge in [-0.25, -0.2) is 13.1 Å². The highest BCUT2D eigenvalue weighted by molar-refractivity contribution is 7.89. The van der Waals surface area contributed by atoms with E-state index in [-0.39, 0.29) is 15.6 Å². The Kier molecular flexibility index (Phi) is 4.55. The summed E-state index contributed by atoms with van der Waals surface area (Å²) < 4.78 is 27.6. The number of non-ortho nitro benzene ring substituents is 1. The molecule has 1 fully saturated rings. The van der Waals surface area contributed by atoms with Crippen LogP contribution >= 0.6 is 11.6 Å². The molecule has 1 saturated carbocycles. The van der Waals surface area contributed by atoms with E-state index in [9.17, 15) is 18.5 Å². The van der Waals surface area contributed by atoms with Crippen LogP contribution in [-0.4, -0.2) is 18.9 Å². The van der Waals surface area contributed by atoms with Gasteiger partial charge < -0.3 is 0 Å². The first kappa shape index (κ1) is 16.2. The Hall–Kier alpha value is -1.18. The molecular weight excluding hydrogens is 316 g/mol. The third-order valence-electron chi connectivity index (χ3n) is 3.75. The van der Waals surface area contributed by atoms with E-state index in [1.54, 1.807) is 0 Å². The Bertz CT molecular complexity index is 654. The van der Waals surface area contributed by atoms with E-state index in [4.69, 9.17) is 11.6 Å². The van der Waals surface area contributed by atoms with Crippen LogP contribution in [0.15, 0.2) is 23.1 Å². The summed E-state index contributed by atoms with van der Waals surface area (Å²) >= 11 is 5.91. The van der Waals surface area contributed by atoms with Gasteiger partial charge in [0.25, 0.3) is 5.69 Å². The first-order chi connectivity index (χ1) is 9.73. The molecule has 2 rings (SSSR count). The molecule has 0 spiro atoms. The van der Waals surface area contributed by atoms with Gasteiger partial charge in [-0.15, -0.1) is 0 Å². The SMILES string of the molecule is CC1(NS(=O)(=O)c2cc([N+](=O)[O-])ccc2Cl)CCCCC1. The van der Waals surface area contributed by atoms with Gasteiger partial charge >= 0.3 is 0 Å². The number of nitro benzene ring substituents is 1. The maximum Gasteiger partial charge on any atom is 0.270 e. The normalized spacial score (nSPS) is 18.4. The van der Waals surface area contributed by atoms with Crippen molar-refractivity contribution in [2.75, 3.05) is 0 Å². The van der Waals surface area contributed by atoms with Gasteiger partial charge in [-0.1, -0.05) is 30.9 Å². The number of nitrogens with one attached hydrogen (secondary N) is 1. The van der Waals surface area contributed by atoms with Crippen LogP contribution in [0.5, 0.6) is 0 Å². The first-order valence-corrected chi connectivity index (χ1v) is 8.58. The fourth-order valence-corrected chi connectivity index (χ4v) is 4.61. The largest absolute Gasteiger partial charge is 0.270 e. The second-order valence-electron chi connectivity index (χ2n) is 5.60. The lowest BCUT2D eigenvalue weighted by molar-refractivity contribution is -0.385. The van der Waals surface area contributed by atoms with Crippen LogP contribution in [0.3, 0.4) is 0 Å². The molecule has 0 aliphatic heterocycles. The topological polar surface area (TPSA) is 89.3 Å². The highest BCUT2D eigenvalue weighted by Crippen LogP contribution is 2.32. The van der Waals surface area contributed by atoms with Crippen molar-refractivity contribution in [3.63, 3.8) is 0 Å². The van der Waals surface area contributed by atoms with E-state index in [0.29, 0.717) is 0 Å². The molecule has 0 amide bonds. The third-order valence-corrected chi connectivity index (χ3v) is 5.87. The van der Waals surface area contributed by atoms with Crippen LogP contribution in [0.4, 0.5) is 5.69 Å². The van der Waals surface area contributed by atoms with Crippen molar-refractivity contribution in [2.45, 2.75) is 49.5 Å². The number of nitro groups is 1. The summed E-state index contributed by atoms with van der Waals surface area (Å²) in [6.07, 6.45) is 4.51. The van der Waals surface area contributed by atoms with Crippen molar-refractivity contribution >= 4 is 27.3 Å². The lowest BCUT2D eigenvalue weighted by Crippen LogP contribution is -2.47. The van der Waals surface area contributed by atoms with Crippen molar-refractivity contribution in [2.24, 2.45) is 0 Å². The molecule has 1 aliphatic rings. The molecule has 0 saturated heterocycles. The predicted molar refractivity (Wildman–Crippen MR) is 79.9 cm³/mol. The Balaban J connectivity index is 2.35. The molecule has 0 aromatic heterocycles. The first-order valence-electron chi connectivity index (χ1n) is 6.71. The molecular formula is C13H17ClN2O4S. The van der Waals surface area contributed by atoms with E-state index in [2.05, 4.69) is 4.72 Å². The van der Waals surface area contributed by atoms with Crippen molar-refractivity contribution < 1.29 is 13.3 Å². The van der Waals surface area contributed by atoms with Crippen molar-refractivity contribution in [3.8, 4) is 0 Å². The monoisotopic (exact) mass is 332 g/mol. The molecule has 8 heteroatoms. The summed E-state index contributed by atoms with van der Waals surface area (Å²) in [7, 11) is -3.89. The molecule has 0 radical (unpaired) electrons. The van der Waals surface area contributed by atoms with Gasteiger partial charge in [0.1, 0.15) is 4.90 Å². The highest BCUT2D eigenvalue weighted by atomic mass is 35.5. The van der Waals surface area contributed by atoms with E-state index < -0.39 is 20.5 Å². The molecule has 1 aromatic rings. The van der Waals surface area contributed by atoms with Crippen LogP contribution in [0.2, 0.25) is 5.02 Å². The molecule has 116 valence electrons. The lowest BCUT2D eigenvalue weighted by atomic mass is 9.84. The predicted octanol–water partition coefficient (Wildman–Crippen LogP) is 3.25. The van der Waals surface area contributed by atoms with Crippen LogP contribution in [0.1, 0.15) is 39.0 Å². The molecule has 0 heterocycles. The number of benzene rings is 1. The Labute approximate surface area is 128 Å². The van der Waals surface area contributed by atoms with Crippen LogP contribution in [0, 0.1) is 10.1 Å². The van der Waals surface area contributed by atoms with Crippen molar-refractivity contribution in [1.29, 1.82) is 0 Å². The van der Waals surface area contributed by atoms with Gasteiger partial charge in [0.05, 0.1) is 9.95 Å². The Morgan fingerprint density at radius 1 is 1.29 bits per heavy atom. The standard InChI is InChI=1S/C13H17ClN2O4S/c1-13(7-3-2-4-8-13)15-21(19,20)12-9-10(16(17)18)5-6-11(12)14/h5-6,9,15H,2-4,7-8H2,1H3. The summed E-state index contributed by atoms with van der Waals surface area (Å²) in [4.78, 5) is 9.91. The van der Waals surface area contributed by atoms with Crippen LogP contribution in [-0.2, 0) is 10.0 Å². The average molecular weight is 333 g/mol. The Morgan fingerprint density at radius 3 is 2.48 bits per heavy atom. The molecule has 1 aromatic carbocycles. The van der Waals surface area contributed by atoms with E-state index in [1.165, 1.54) is 12.1 Å². The van der Waals surface area contributed by atoms with Gasteiger partial charge in [-0.05, 0) is 25.8 Å². The summed E-state index contributed by atoms with van der Waals surface area (Å²) in [6, 6.07) is 3.41. The summed E-state index contributed by atoms with van der Waals surface area (Å²) in [5.41, 5.74) is -0.820.